The van der Waals surface area contributed by atoms with Gasteiger partial charge in [0.15, 0.2) is 5.78 Å². The maximum Gasteiger partial charge on any atom is 0.152 e. The van der Waals surface area contributed by atoms with E-state index in [0.717, 1.165) is 37.4 Å². The van der Waals surface area contributed by atoms with Crippen molar-refractivity contribution in [3.63, 3.8) is 0 Å². The highest BCUT2D eigenvalue weighted by atomic mass is 35.5. The molecule has 1 aliphatic heterocycles. The minimum absolute atomic E-state index is 0. The second-order valence-electron chi connectivity index (χ2n) is 7.95. The topological polar surface area (TPSA) is 20.3 Å². The molecule has 3 heteroatoms. The van der Waals surface area contributed by atoms with Crippen LogP contribution in [0, 0.1) is 23.2 Å². The fourth-order valence-corrected chi connectivity index (χ4v) is 5.84. The molecule has 1 saturated heterocycles. The van der Waals surface area contributed by atoms with Crippen LogP contribution in [0.4, 0.5) is 0 Å². The molecule has 1 heterocycles. The number of Topliss-reactive ketones (excluding diaryl/α,β-unsaturated/α-hetero) is 1. The molecule has 2 unspecified atom stereocenters. The number of likely N-dealkylation sites (tertiary alicyclic amines) is 1. The number of nitrogens with zero attached hydrogens (tertiary/aromatic N) is 1. The Kier molecular flexibility index (Phi) is 4.16. The van der Waals surface area contributed by atoms with Crippen LogP contribution in [-0.4, -0.2) is 30.3 Å². The Balaban J connectivity index is 0.00000121. The van der Waals surface area contributed by atoms with E-state index in [-0.39, 0.29) is 17.8 Å². The number of ketones is 1. The molecule has 2 nitrogen and oxygen atoms in total. The second-order valence-corrected chi connectivity index (χ2v) is 7.95. The van der Waals surface area contributed by atoms with Crippen molar-refractivity contribution < 1.29 is 4.79 Å². The predicted molar refractivity (Wildman–Crippen MR) is 83.2 cm³/mol. The third-order valence-corrected chi connectivity index (χ3v) is 6.51. The number of carbonyl (C=O) groups excluding carboxylic acids is 1. The van der Waals surface area contributed by atoms with Gasteiger partial charge in [-0.2, -0.15) is 0 Å². The highest BCUT2D eigenvalue weighted by molar-refractivity contribution is 5.87. The Morgan fingerprint density at radius 2 is 1.50 bits per heavy atom. The lowest BCUT2D eigenvalue weighted by Crippen LogP contribution is -2.47. The van der Waals surface area contributed by atoms with Gasteiger partial charge in [0, 0.05) is 5.41 Å². The van der Waals surface area contributed by atoms with Crippen molar-refractivity contribution in [3.8, 4) is 0 Å². The molecule has 0 aromatic carbocycles. The van der Waals surface area contributed by atoms with Crippen LogP contribution < -0.4 is 0 Å². The van der Waals surface area contributed by atoms with Gasteiger partial charge in [-0.25, -0.2) is 0 Å². The van der Waals surface area contributed by atoms with Gasteiger partial charge in [0.25, 0.3) is 0 Å². The number of hydrogen-bond acceptors (Lipinski definition) is 2. The molecule has 114 valence electrons. The van der Waals surface area contributed by atoms with E-state index in [1.165, 1.54) is 57.8 Å². The van der Waals surface area contributed by atoms with Gasteiger partial charge in [0.05, 0.1) is 6.54 Å². The molecule has 0 spiro atoms. The summed E-state index contributed by atoms with van der Waals surface area (Å²) in [6.45, 7) is 3.10. The number of hydrogen-bond donors (Lipinski definition) is 0. The van der Waals surface area contributed by atoms with Crippen molar-refractivity contribution in [2.24, 2.45) is 23.2 Å². The molecule has 0 amide bonds. The fourth-order valence-electron chi connectivity index (χ4n) is 5.84. The van der Waals surface area contributed by atoms with Crippen LogP contribution in [0.15, 0.2) is 0 Å². The Hall–Kier alpha value is -0.0800. The largest absolute Gasteiger partial charge is 0.298 e. The quantitative estimate of drug-likeness (QED) is 0.792. The molecule has 5 fully saturated rings. The zero-order valence-electron chi connectivity index (χ0n) is 12.5. The first kappa shape index (κ1) is 14.8. The Morgan fingerprint density at radius 3 is 2.10 bits per heavy atom. The van der Waals surface area contributed by atoms with Crippen molar-refractivity contribution in [2.45, 2.75) is 57.8 Å². The van der Waals surface area contributed by atoms with E-state index in [1.54, 1.807) is 0 Å². The molecule has 4 saturated carbocycles. The lowest BCUT2D eigenvalue weighted by atomic mass is 9.57. The van der Waals surface area contributed by atoms with Gasteiger partial charge in [-0.05, 0) is 75.8 Å². The monoisotopic (exact) mass is 297 g/mol. The molecule has 0 radical (unpaired) electrons. The fraction of sp³-hybridized carbons (Fsp3) is 0.941. The average Bonchev–Trinajstić information content (AvgIpc) is 2.79. The van der Waals surface area contributed by atoms with Gasteiger partial charge in [0.1, 0.15) is 0 Å². The Labute approximate surface area is 129 Å². The summed E-state index contributed by atoms with van der Waals surface area (Å²) in [7, 11) is 0. The van der Waals surface area contributed by atoms with Crippen LogP contribution in [0.5, 0.6) is 0 Å². The lowest BCUT2D eigenvalue weighted by molar-refractivity contribution is -0.137. The maximum atomic E-state index is 13.0. The lowest BCUT2D eigenvalue weighted by Gasteiger charge is -2.47. The van der Waals surface area contributed by atoms with Gasteiger partial charge in [-0.15, -0.1) is 12.4 Å². The summed E-state index contributed by atoms with van der Waals surface area (Å²) in [6, 6.07) is 0. The highest BCUT2D eigenvalue weighted by Crippen LogP contribution is 2.58. The summed E-state index contributed by atoms with van der Waals surface area (Å²) < 4.78 is 0. The van der Waals surface area contributed by atoms with Gasteiger partial charge >= 0.3 is 0 Å². The molecular weight excluding hydrogens is 270 g/mol. The first-order valence-electron chi connectivity index (χ1n) is 8.49. The third-order valence-electron chi connectivity index (χ3n) is 6.51. The molecule has 4 aliphatic carbocycles. The van der Waals surface area contributed by atoms with Crippen LogP contribution in [0.1, 0.15) is 57.8 Å². The Bertz CT molecular complexity index is 361. The van der Waals surface area contributed by atoms with Gasteiger partial charge in [-0.1, -0.05) is 12.8 Å². The SMILES string of the molecule is Cl.O=C(CN1CCCC1)C12CC3CCC(CC(C3)C1)C2. The number of fused-ring (bicyclic) bond motifs is 1. The summed E-state index contributed by atoms with van der Waals surface area (Å²) in [4.78, 5) is 15.4. The van der Waals surface area contributed by atoms with Crippen molar-refractivity contribution in [2.75, 3.05) is 19.6 Å². The first-order chi connectivity index (χ1) is 9.23. The minimum Gasteiger partial charge on any atom is -0.298 e. The molecule has 5 rings (SSSR count). The summed E-state index contributed by atoms with van der Waals surface area (Å²) in [6.07, 6.45) is 12.0. The van der Waals surface area contributed by atoms with E-state index < -0.39 is 0 Å². The van der Waals surface area contributed by atoms with E-state index in [1.807, 2.05) is 0 Å². The van der Waals surface area contributed by atoms with E-state index in [4.69, 9.17) is 0 Å². The minimum atomic E-state index is 0. The summed E-state index contributed by atoms with van der Waals surface area (Å²) in [5, 5.41) is 0. The second kappa shape index (κ2) is 5.61. The number of carbonyl (C=O) groups is 1. The first-order valence-corrected chi connectivity index (χ1v) is 8.49. The van der Waals surface area contributed by atoms with E-state index >= 15 is 0 Å². The van der Waals surface area contributed by atoms with Crippen molar-refractivity contribution in [3.05, 3.63) is 0 Å². The van der Waals surface area contributed by atoms with Crippen molar-refractivity contribution in [1.29, 1.82) is 0 Å². The number of rotatable bonds is 3. The van der Waals surface area contributed by atoms with Crippen LogP contribution in [0.3, 0.4) is 0 Å². The van der Waals surface area contributed by atoms with Crippen molar-refractivity contribution in [1.82, 2.24) is 4.90 Å². The maximum absolute atomic E-state index is 13.0. The van der Waals surface area contributed by atoms with E-state index in [2.05, 4.69) is 4.90 Å². The van der Waals surface area contributed by atoms with E-state index in [9.17, 15) is 4.79 Å². The van der Waals surface area contributed by atoms with E-state index in [0.29, 0.717) is 5.78 Å². The van der Waals surface area contributed by atoms with Crippen LogP contribution >= 0.6 is 12.4 Å². The highest BCUT2D eigenvalue weighted by Gasteiger charge is 2.52. The van der Waals surface area contributed by atoms with Gasteiger partial charge in [0.2, 0.25) is 0 Å². The van der Waals surface area contributed by atoms with Crippen LogP contribution in [0.2, 0.25) is 0 Å². The average molecular weight is 298 g/mol. The molecule has 0 N–H and O–H groups in total. The standard InChI is InChI=1S/C17H27NO.ClH/c19-16(12-18-5-1-2-6-18)17-9-13-3-4-14(10-17)8-15(7-13)11-17;/h13-15H,1-12H2;1H. The molecular formula is C17H28ClNO. The van der Waals surface area contributed by atoms with Crippen LogP contribution in [0.25, 0.3) is 0 Å². The zero-order valence-corrected chi connectivity index (χ0v) is 13.3. The molecule has 20 heavy (non-hydrogen) atoms. The summed E-state index contributed by atoms with van der Waals surface area (Å²) in [5.41, 5.74) is 0.121. The summed E-state index contributed by atoms with van der Waals surface area (Å²) in [5.74, 6) is 3.28. The van der Waals surface area contributed by atoms with Gasteiger partial charge < -0.3 is 0 Å². The van der Waals surface area contributed by atoms with Crippen molar-refractivity contribution >= 4 is 18.2 Å². The smallest absolute Gasteiger partial charge is 0.152 e. The third kappa shape index (κ3) is 2.54. The Morgan fingerprint density at radius 1 is 0.950 bits per heavy atom. The molecule has 0 aromatic heterocycles. The molecule has 5 aliphatic rings. The van der Waals surface area contributed by atoms with Gasteiger partial charge in [-0.3, -0.25) is 9.69 Å². The normalized spacial score (nSPS) is 43.3. The summed E-state index contributed by atoms with van der Waals surface area (Å²) >= 11 is 0. The predicted octanol–water partition coefficient (Wildman–Crippen LogP) is 3.68. The number of halogens is 1. The zero-order chi connectivity index (χ0) is 12.9. The van der Waals surface area contributed by atoms with Crippen LogP contribution in [-0.2, 0) is 4.79 Å². The molecule has 2 atom stereocenters. The molecule has 4 bridgehead atoms. The molecule has 0 aromatic rings.